The van der Waals surface area contributed by atoms with Crippen molar-refractivity contribution in [3.8, 4) is 0 Å². The first-order valence-corrected chi connectivity index (χ1v) is 14.7. The maximum Gasteiger partial charge on any atom is 0.245 e. The molecule has 14 nitrogen and oxygen atoms in total. The molecule has 0 aliphatic carbocycles. The van der Waals surface area contributed by atoms with Crippen LogP contribution in [-0.2, 0) is 38.2 Å². The van der Waals surface area contributed by atoms with Gasteiger partial charge in [0.15, 0.2) is 0 Å². The molecule has 0 saturated carbocycles. The van der Waals surface area contributed by atoms with Gasteiger partial charge in [-0.05, 0) is 25.7 Å². The van der Waals surface area contributed by atoms with E-state index in [2.05, 4.69) is 28.6 Å². The highest BCUT2D eigenvalue weighted by molar-refractivity contribution is 7.81. The van der Waals surface area contributed by atoms with E-state index in [1.54, 1.807) is 0 Å². The van der Waals surface area contributed by atoms with Crippen LogP contribution >= 0.6 is 12.6 Å². The molecule has 0 bridgehead atoms. The van der Waals surface area contributed by atoms with Crippen LogP contribution in [0.5, 0.6) is 0 Å². The number of hydrogen-bond acceptors (Lipinski definition) is 12. The van der Waals surface area contributed by atoms with Crippen LogP contribution in [0.15, 0.2) is 0 Å². The standard InChI is InChI=1S/C26H47N5O9S/c27-20(25(36)30-9-12-32)6-3-4-8-28-23(34)19-40-17-16-39-15-14-38-13-10-29-22(33)7-2-1-5-11-31-24(35)18-21(41)26(31)37/h12,20-21,25,30,36,41H,1-11,13-19,27H2,(H,28,34)(H,29,33). The first-order valence-electron chi connectivity index (χ1n) is 14.2. The summed E-state index contributed by atoms with van der Waals surface area (Å²) in [5.41, 5.74) is 5.81. The molecule has 6 N–H and O–H groups in total. The fourth-order valence-electron chi connectivity index (χ4n) is 3.85. The minimum atomic E-state index is -0.935. The van der Waals surface area contributed by atoms with Gasteiger partial charge in [0.2, 0.25) is 23.6 Å². The average Bonchev–Trinajstić information content (AvgIpc) is 3.19. The zero-order valence-corrected chi connectivity index (χ0v) is 24.6. The van der Waals surface area contributed by atoms with Gasteiger partial charge in [0.05, 0.1) is 44.8 Å². The largest absolute Gasteiger partial charge is 0.377 e. The number of amides is 4. The molecule has 0 aromatic carbocycles. The number of carbonyl (C=O) groups is 5. The van der Waals surface area contributed by atoms with Gasteiger partial charge in [0.1, 0.15) is 19.1 Å². The molecule has 1 aliphatic rings. The van der Waals surface area contributed by atoms with Gasteiger partial charge in [-0.2, -0.15) is 12.6 Å². The van der Waals surface area contributed by atoms with Crippen LogP contribution in [0, 0.1) is 0 Å². The summed E-state index contributed by atoms with van der Waals surface area (Å²) in [5, 5.41) is 17.3. The predicted molar refractivity (Wildman–Crippen MR) is 153 cm³/mol. The number of nitrogens with one attached hydrogen (secondary N) is 3. The Hall–Kier alpha value is -2.14. The highest BCUT2D eigenvalue weighted by Gasteiger charge is 2.35. The predicted octanol–water partition coefficient (Wildman–Crippen LogP) is -1.51. The lowest BCUT2D eigenvalue weighted by Gasteiger charge is -2.18. The van der Waals surface area contributed by atoms with Crippen molar-refractivity contribution in [1.29, 1.82) is 0 Å². The quantitative estimate of drug-likeness (QED) is 0.0220. The third kappa shape index (κ3) is 18.1. The summed E-state index contributed by atoms with van der Waals surface area (Å²) in [4.78, 5) is 58.6. The molecule has 0 spiro atoms. The van der Waals surface area contributed by atoms with E-state index in [4.69, 9.17) is 19.9 Å². The highest BCUT2D eigenvalue weighted by Crippen LogP contribution is 2.18. The summed E-state index contributed by atoms with van der Waals surface area (Å²) in [6.45, 7) is 2.90. The van der Waals surface area contributed by atoms with Crippen LogP contribution in [0.25, 0.3) is 0 Å². The summed E-state index contributed by atoms with van der Waals surface area (Å²) < 4.78 is 16.1. The van der Waals surface area contributed by atoms with Crippen LogP contribution < -0.4 is 21.7 Å². The van der Waals surface area contributed by atoms with Crippen molar-refractivity contribution in [1.82, 2.24) is 20.9 Å². The number of unbranched alkanes of at least 4 members (excludes halogenated alkanes) is 3. The fourth-order valence-corrected chi connectivity index (χ4v) is 4.15. The Morgan fingerprint density at radius 1 is 0.976 bits per heavy atom. The molecule has 1 fully saturated rings. The van der Waals surface area contributed by atoms with Crippen LogP contribution in [0.3, 0.4) is 0 Å². The first-order chi connectivity index (χ1) is 19.8. The summed E-state index contributed by atoms with van der Waals surface area (Å²) in [5.74, 6) is -0.714. The average molecular weight is 606 g/mol. The fraction of sp³-hybridized carbons (Fsp3) is 0.808. The number of nitrogens with two attached hydrogens (primary N) is 1. The molecule has 3 atom stereocenters. The molecule has 0 radical (unpaired) electrons. The lowest BCUT2D eigenvalue weighted by molar-refractivity contribution is -0.138. The minimum absolute atomic E-state index is 0.0453. The topological polar surface area (TPSA) is 199 Å². The van der Waals surface area contributed by atoms with E-state index in [9.17, 15) is 29.1 Å². The Morgan fingerprint density at radius 2 is 1.66 bits per heavy atom. The van der Waals surface area contributed by atoms with Gasteiger partial charge in [0, 0.05) is 38.5 Å². The molecule has 236 valence electrons. The molecule has 1 heterocycles. The van der Waals surface area contributed by atoms with Gasteiger partial charge in [-0.25, -0.2) is 0 Å². The summed E-state index contributed by atoms with van der Waals surface area (Å²) in [6.07, 6.45) is 4.32. The lowest BCUT2D eigenvalue weighted by atomic mass is 10.1. The van der Waals surface area contributed by atoms with Gasteiger partial charge in [-0.15, -0.1) is 0 Å². The van der Waals surface area contributed by atoms with E-state index in [1.807, 2.05) is 0 Å². The second-order valence-electron chi connectivity index (χ2n) is 9.57. The number of aliphatic hydroxyl groups is 1. The Morgan fingerprint density at radius 3 is 2.34 bits per heavy atom. The Balaban J connectivity index is 1.83. The van der Waals surface area contributed by atoms with E-state index >= 15 is 0 Å². The number of thiol groups is 1. The van der Waals surface area contributed by atoms with Crippen molar-refractivity contribution >= 4 is 42.5 Å². The zero-order valence-electron chi connectivity index (χ0n) is 23.7. The number of carbonyl (C=O) groups excluding carboxylic acids is 5. The number of imide groups is 1. The summed E-state index contributed by atoms with van der Waals surface area (Å²) >= 11 is 4.09. The van der Waals surface area contributed by atoms with Crippen molar-refractivity contribution in [2.24, 2.45) is 5.73 Å². The van der Waals surface area contributed by atoms with Crippen LogP contribution in [0.1, 0.15) is 51.4 Å². The molecular weight excluding hydrogens is 558 g/mol. The van der Waals surface area contributed by atoms with Crippen LogP contribution in [-0.4, -0.2) is 123 Å². The number of likely N-dealkylation sites (tertiary alicyclic amines) is 1. The molecule has 15 heteroatoms. The second kappa shape index (κ2) is 23.4. The number of aldehydes is 1. The normalized spacial score (nSPS) is 16.6. The van der Waals surface area contributed by atoms with E-state index < -0.39 is 17.5 Å². The molecular formula is C26H47N5O9S. The van der Waals surface area contributed by atoms with Crippen LogP contribution in [0.2, 0.25) is 0 Å². The number of nitrogens with zero attached hydrogens (tertiary/aromatic N) is 1. The van der Waals surface area contributed by atoms with E-state index in [1.165, 1.54) is 4.90 Å². The molecule has 41 heavy (non-hydrogen) atoms. The summed E-state index contributed by atoms with van der Waals surface area (Å²) in [7, 11) is 0. The number of ether oxygens (including phenoxy) is 3. The maximum absolute atomic E-state index is 11.9. The Labute approximate surface area is 247 Å². The molecule has 4 amide bonds. The number of hydrogen-bond donors (Lipinski definition) is 6. The zero-order chi connectivity index (χ0) is 30.3. The molecule has 1 saturated heterocycles. The second-order valence-corrected chi connectivity index (χ2v) is 10.2. The van der Waals surface area contributed by atoms with Crippen molar-refractivity contribution < 1.29 is 43.3 Å². The monoisotopic (exact) mass is 605 g/mol. The van der Waals surface area contributed by atoms with Crippen molar-refractivity contribution in [2.45, 2.75) is 68.9 Å². The van der Waals surface area contributed by atoms with Crippen LogP contribution in [0.4, 0.5) is 0 Å². The smallest absolute Gasteiger partial charge is 0.245 e. The SMILES string of the molecule is NC(CCCCNC(=O)COCCOCCOCCNC(=O)CCCCCN1C(=O)CC(S)C1=O)C(O)NCC=O. The number of rotatable bonds is 26. The maximum atomic E-state index is 11.9. The highest BCUT2D eigenvalue weighted by atomic mass is 32.1. The lowest BCUT2D eigenvalue weighted by Crippen LogP contribution is -2.45. The van der Waals surface area contributed by atoms with Crippen molar-refractivity contribution in [2.75, 3.05) is 65.8 Å². The van der Waals surface area contributed by atoms with E-state index in [-0.39, 0.29) is 49.8 Å². The molecule has 0 aromatic rings. The third-order valence-electron chi connectivity index (χ3n) is 6.15. The Kier molecular flexibility index (Phi) is 21.1. The van der Waals surface area contributed by atoms with Gasteiger partial charge < -0.3 is 40.5 Å². The summed E-state index contributed by atoms with van der Waals surface area (Å²) in [6, 6.07) is -0.482. The van der Waals surface area contributed by atoms with E-state index in [0.29, 0.717) is 84.5 Å². The molecule has 3 unspecified atom stereocenters. The minimum Gasteiger partial charge on any atom is -0.377 e. The third-order valence-corrected chi connectivity index (χ3v) is 6.56. The van der Waals surface area contributed by atoms with Crippen molar-refractivity contribution in [3.05, 3.63) is 0 Å². The molecule has 1 rings (SSSR count). The van der Waals surface area contributed by atoms with Gasteiger partial charge in [0.25, 0.3) is 0 Å². The number of aliphatic hydroxyl groups excluding tert-OH is 1. The van der Waals surface area contributed by atoms with Gasteiger partial charge in [-0.1, -0.05) is 12.8 Å². The first kappa shape index (κ1) is 36.9. The van der Waals surface area contributed by atoms with E-state index in [0.717, 1.165) is 12.8 Å². The van der Waals surface area contributed by atoms with Gasteiger partial charge >= 0.3 is 0 Å². The van der Waals surface area contributed by atoms with Crippen molar-refractivity contribution in [3.63, 3.8) is 0 Å². The molecule has 1 aliphatic heterocycles. The molecule has 0 aromatic heterocycles. The van der Waals surface area contributed by atoms with Gasteiger partial charge in [-0.3, -0.25) is 29.4 Å². The Bertz CT molecular complexity index is 792.